The molecule has 1 amide bonds. The van der Waals surface area contributed by atoms with Crippen LogP contribution in [0.1, 0.15) is 16.2 Å². The van der Waals surface area contributed by atoms with Crippen molar-refractivity contribution in [2.45, 2.75) is 6.54 Å². The largest absolute Gasteiger partial charge is 0.497 e. The number of carbonyl (C=O) groups excluding carboxylic acids is 1. The Bertz CT molecular complexity index is 1050. The molecule has 4 rings (SSSR count). The van der Waals surface area contributed by atoms with E-state index in [1.807, 2.05) is 24.3 Å². The average molecular weight is 349 g/mol. The van der Waals surface area contributed by atoms with Crippen LogP contribution in [-0.2, 0) is 6.54 Å². The van der Waals surface area contributed by atoms with E-state index in [1.165, 1.54) is 10.8 Å². The summed E-state index contributed by atoms with van der Waals surface area (Å²) in [5.41, 5.74) is 2.51. The number of hydrogen-bond acceptors (Lipinski definition) is 6. The van der Waals surface area contributed by atoms with Crippen LogP contribution in [0.2, 0.25) is 0 Å². The van der Waals surface area contributed by atoms with Crippen LogP contribution in [-0.4, -0.2) is 32.8 Å². The van der Waals surface area contributed by atoms with Gasteiger partial charge >= 0.3 is 0 Å². The second-order valence-corrected chi connectivity index (χ2v) is 5.53. The molecule has 0 radical (unpaired) electrons. The number of ether oxygens (including phenoxy) is 1. The van der Waals surface area contributed by atoms with Crippen molar-refractivity contribution < 1.29 is 14.1 Å². The summed E-state index contributed by atoms with van der Waals surface area (Å²) in [6, 6.07) is 14.5. The Morgan fingerprint density at radius 3 is 2.88 bits per heavy atom. The highest BCUT2D eigenvalue weighted by Gasteiger charge is 2.13. The summed E-state index contributed by atoms with van der Waals surface area (Å²) in [5, 5.41) is 10.9. The fourth-order valence-electron chi connectivity index (χ4n) is 2.57. The predicted molar refractivity (Wildman–Crippen MR) is 92.6 cm³/mol. The first-order valence-corrected chi connectivity index (χ1v) is 7.91. The molecular weight excluding hydrogens is 334 g/mol. The number of pyridine rings is 1. The number of hydrogen-bond donors (Lipinski definition) is 1. The van der Waals surface area contributed by atoms with Gasteiger partial charge in [0.25, 0.3) is 5.91 Å². The van der Waals surface area contributed by atoms with E-state index in [2.05, 4.69) is 20.6 Å². The standard InChI is InChI=1S/C18H15N5O3/c1-25-14-7-5-12(6-8-14)16-9-13(22-26-16)10-19-18(24)15-3-2-4-17-20-11-21-23(15)17/h2-9,11H,10H2,1H3,(H,19,24). The lowest BCUT2D eigenvalue weighted by Crippen LogP contribution is -2.25. The maximum atomic E-state index is 12.4. The molecule has 0 unspecified atom stereocenters. The van der Waals surface area contributed by atoms with Gasteiger partial charge in [0, 0.05) is 11.6 Å². The fraction of sp³-hybridized carbons (Fsp3) is 0.111. The summed E-state index contributed by atoms with van der Waals surface area (Å²) >= 11 is 0. The Kier molecular flexibility index (Phi) is 4.06. The van der Waals surface area contributed by atoms with Gasteiger partial charge in [0.15, 0.2) is 11.4 Å². The maximum Gasteiger partial charge on any atom is 0.270 e. The van der Waals surface area contributed by atoms with E-state index < -0.39 is 0 Å². The smallest absolute Gasteiger partial charge is 0.270 e. The van der Waals surface area contributed by atoms with Crippen molar-refractivity contribution in [2.75, 3.05) is 7.11 Å². The third-order valence-corrected chi connectivity index (χ3v) is 3.90. The van der Waals surface area contributed by atoms with Crippen LogP contribution in [0.4, 0.5) is 0 Å². The predicted octanol–water partition coefficient (Wildman–Crippen LogP) is 2.32. The van der Waals surface area contributed by atoms with E-state index in [9.17, 15) is 4.79 Å². The Morgan fingerprint density at radius 2 is 2.08 bits per heavy atom. The SMILES string of the molecule is COc1ccc(-c2cc(CNC(=O)c3cccc4ncnn34)no2)cc1. The van der Waals surface area contributed by atoms with Crippen molar-refractivity contribution >= 4 is 11.6 Å². The molecule has 0 bridgehead atoms. The number of aromatic nitrogens is 4. The fourth-order valence-corrected chi connectivity index (χ4v) is 2.57. The minimum atomic E-state index is -0.268. The summed E-state index contributed by atoms with van der Waals surface area (Å²) in [5.74, 6) is 1.12. The second kappa shape index (κ2) is 6.67. The van der Waals surface area contributed by atoms with E-state index in [-0.39, 0.29) is 12.5 Å². The van der Waals surface area contributed by atoms with E-state index >= 15 is 0 Å². The Labute approximate surface area is 148 Å². The molecule has 0 aliphatic carbocycles. The van der Waals surface area contributed by atoms with Gasteiger partial charge in [0.2, 0.25) is 0 Å². The number of rotatable bonds is 5. The highest BCUT2D eigenvalue weighted by Crippen LogP contribution is 2.23. The van der Waals surface area contributed by atoms with Gasteiger partial charge < -0.3 is 14.6 Å². The molecular formula is C18H15N5O3. The number of nitrogens with zero attached hydrogens (tertiary/aromatic N) is 4. The number of methoxy groups -OCH3 is 1. The third kappa shape index (κ3) is 3.00. The number of amides is 1. The summed E-state index contributed by atoms with van der Waals surface area (Å²) in [6.45, 7) is 0.240. The van der Waals surface area contributed by atoms with Gasteiger partial charge in [0.1, 0.15) is 23.5 Å². The number of benzene rings is 1. The highest BCUT2D eigenvalue weighted by atomic mass is 16.5. The molecule has 0 aliphatic heterocycles. The zero-order valence-corrected chi connectivity index (χ0v) is 13.9. The third-order valence-electron chi connectivity index (χ3n) is 3.90. The van der Waals surface area contributed by atoms with Crippen LogP contribution in [0.3, 0.4) is 0 Å². The van der Waals surface area contributed by atoms with Crippen molar-refractivity contribution in [3.05, 3.63) is 66.2 Å². The van der Waals surface area contributed by atoms with Gasteiger partial charge in [-0.15, -0.1) is 0 Å². The van der Waals surface area contributed by atoms with Gasteiger partial charge in [-0.1, -0.05) is 11.2 Å². The minimum Gasteiger partial charge on any atom is -0.497 e. The van der Waals surface area contributed by atoms with Gasteiger partial charge in [-0.25, -0.2) is 9.50 Å². The number of nitrogens with one attached hydrogen (secondary N) is 1. The molecule has 1 N–H and O–H groups in total. The second-order valence-electron chi connectivity index (χ2n) is 5.53. The van der Waals surface area contributed by atoms with Crippen LogP contribution in [0, 0.1) is 0 Å². The molecule has 26 heavy (non-hydrogen) atoms. The number of carbonyl (C=O) groups is 1. The molecule has 0 fully saturated rings. The van der Waals surface area contributed by atoms with Crippen LogP contribution in [0.25, 0.3) is 17.0 Å². The van der Waals surface area contributed by atoms with Crippen molar-refractivity contribution in [1.82, 2.24) is 25.1 Å². The normalized spacial score (nSPS) is 10.8. The lowest BCUT2D eigenvalue weighted by Gasteiger charge is -2.04. The highest BCUT2D eigenvalue weighted by molar-refractivity contribution is 5.93. The summed E-state index contributed by atoms with van der Waals surface area (Å²) < 4.78 is 12.0. The molecule has 0 saturated heterocycles. The minimum absolute atomic E-state index is 0.240. The van der Waals surface area contributed by atoms with Crippen LogP contribution in [0.15, 0.2) is 59.4 Å². The van der Waals surface area contributed by atoms with Crippen molar-refractivity contribution in [2.24, 2.45) is 0 Å². The van der Waals surface area contributed by atoms with Crippen molar-refractivity contribution in [3.63, 3.8) is 0 Å². The molecule has 0 atom stereocenters. The molecule has 1 aromatic carbocycles. The van der Waals surface area contributed by atoms with Crippen LogP contribution < -0.4 is 10.1 Å². The molecule has 3 aromatic heterocycles. The lowest BCUT2D eigenvalue weighted by molar-refractivity contribution is 0.0942. The first-order chi connectivity index (χ1) is 12.7. The molecule has 130 valence electrons. The van der Waals surface area contributed by atoms with Crippen LogP contribution in [0.5, 0.6) is 5.75 Å². The molecule has 8 nitrogen and oxygen atoms in total. The molecule has 8 heteroatoms. The van der Waals surface area contributed by atoms with Gasteiger partial charge in [-0.05, 0) is 36.4 Å². The molecule has 0 aliphatic rings. The maximum absolute atomic E-state index is 12.4. The molecule has 4 aromatic rings. The van der Waals surface area contributed by atoms with E-state index in [1.54, 1.807) is 31.4 Å². The molecule has 0 spiro atoms. The summed E-state index contributed by atoms with van der Waals surface area (Å²) in [4.78, 5) is 16.5. The molecule has 3 heterocycles. The molecule has 0 saturated carbocycles. The summed E-state index contributed by atoms with van der Waals surface area (Å²) in [6.07, 6.45) is 1.41. The topological polar surface area (TPSA) is 94.5 Å². The van der Waals surface area contributed by atoms with E-state index in [0.717, 1.165) is 11.3 Å². The van der Waals surface area contributed by atoms with Gasteiger partial charge in [-0.3, -0.25) is 4.79 Å². The first-order valence-electron chi connectivity index (χ1n) is 7.91. The van der Waals surface area contributed by atoms with Gasteiger partial charge in [0.05, 0.1) is 13.7 Å². The van der Waals surface area contributed by atoms with Crippen molar-refractivity contribution in [3.8, 4) is 17.1 Å². The Balaban J connectivity index is 1.46. The van der Waals surface area contributed by atoms with E-state index in [0.29, 0.717) is 22.8 Å². The Hall–Kier alpha value is -3.68. The Morgan fingerprint density at radius 1 is 1.23 bits per heavy atom. The monoisotopic (exact) mass is 349 g/mol. The zero-order chi connectivity index (χ0) is 17.9. The zero-order valence-electron chi connectivity index (χ0n) is 13.9. The summed E-state index contributed by atoms with van der Waals surface area (Å²) in [7, 11) is 1.62. The first kappa shape index (κ1) is 15.8. The quantitative estimate of drug-likeness (QED) is 0.594. The lowest BCUT2D eigenvalue weighted by atomic mass is 10.1. The van der Waals surface area contributed by atoms with Crippen molar-refractivity contribution in [1.29, 1.82) is 0 Å². The number of fused-ring (bicyclic) bond motifs is 1. The average Bonchev–Trinajstić information content (AvgIpc) is 3.35. The van der Waals surface area contributed by atoms with E-state index in [4.69, 9.17) is 9.26 Å². The van der Waals surface area contributed by atoms with Gasteiger partial charge in [-0.2, -0.15) is 5.10 Å². The van der Waals surface area contributed by atoms with Crippen LogP contribution >= 0.6 is 0 Å².